The van der Waals surface area contributed by atoms with Crippen molar-refractivity contribution in [1.29, 1.82) is 0 Å². The molecule has 0 bridgehead atoms. The molecular formula is C19H22ClN3O4. The zero-order chi connectivity index (χ0) is 19.0. The van der Waals surface area contributed by atoms with Crippen LogP contribution in [0.1, 0.15) is 12.8 Å². The first-order valence-electron chi connectivity index (χ1n) is 9.10. The number of likely N-dealkylation sites (tertiary alicyclic amines) is 1. The Morgan fingerprint density at radius 3 is 2.26 bits per heavy atom. The fourth-order valence-corrected chi connectivity index (χ4v) is 3.97. The molecule has 4 rings (SSSR count). The molecule has 3 fully saturated rings. The van der Waals surface area contributed by atoms with E-state index in [1.165, 1.54) is 4.90 Å². The minimum absolute atomic E-state index is 0.0256. The number of carbonyl (C=O) groups is 2. The number of carbonyl (C=O) groups excluding carboxylic acids is 2. The van der Waals surface area contributed by atoms with Crippen LogP contribution in [0.4, 0.5) is 15.3 Å². The van der Waals surface area contributed by atoms with E-state index in [2.05, 4.69) is 6.58 Å². The normalized spacial score (nSPS) is 22.3. The van der Waals surface area contributed by atoms with E-state index in [9.17, 15) is 9.59 Å². The molecule has 3 saturated heterocycles. The summed E-state index contributed by atoms with van der Waals surface area (Å²) in [4.78, 5) is 30.3. The van der Waals surface area contributed by atoms with Crippen molar-refractivity contribution in [1.82, 2.24) is 9.80 Å². The lowest BCUT2D eigenvalue weighted by molar-refractivity contribution is 0.00966. The highest BCUT2D eigenvalue weighted by molar-refractivity contribution is 6.30. The smallest absolute Gasteiger partial charge is 0.419 e. The van der Waals surface area contributed by atoms with E-state index in [0.717, 1.165) is 0 Å². The van der Waals surface area contributed by atoms with Crippen molar-refractivity contribution in [2.45, 2.75) is 18.4 Å². The number of amides is 3. The third-order valence-electron chi connectivity index (χ3n) is 5.47. The maximum Gasteiger partial charge on any atom is 0.419 e. The van der Waals surface area contributed by atoms with Crippen LogP contribution in [0.25, 0.3) is 0 Å². The molecule has 1 aromatic rings. The zero-order valence-corrected chi connectivity index (χ0v) is 15.8. The van der Waals surface area contributed by atoms with Gasteiger partial charge in [0.1, 0.15) is 0 Å². The molecule has 1 spiro atoms. The monoisotopic (exact) mass is 391 g/mol. The second-order valence-corrected chi connectivity index (χ2v) is 7.43. The first-order chi connectivity index (χ1) is 13.0. The number of ether oxygens (including phenoxy) is 2. The minimum atomic E-state index is -0.751. The van der Waals surface area contributed by atoms with E-state index in [4.69, 9.17) is 21.1 Å². The van der Waals surface area contributed by atoms with E-state index in [-0.39, 0.29) is 6.03 Å². The van der Waals surface area contributed by atoms with Gasteiger partial charge < -0.3 is 19.3 Å². The molecule has 1 aromatic carbocycles. The van der Waals surface area contributed by atoms with Gasteiger partial charge in [-0.1, -0.05) is 18.2 Å². The highest BCUT2D eigenvalue weighted by atomic mass is 35.5. The predicted octanol–water partition coefficient (Wildman–Crippen LogP) is 3.10. The van der Waals surface area contributed by atoms with Gasteiger partial charge in [0.2, 0.25) is 0 Å². The lowest BCUT2D eigenvalue weighted by atomic mass is 9.88. The Morgan fingerprint density at radius 2 is 1.63 bits per heavy atom. The molecule has 0 atom stereocenters. The summed E-state index contributed by atoms with van der Waals surface area (Å²) in [5, 5.41) is 0.599. The molecule has 0 N–H and O–H groups in total. The second-order valence-electron chi connectivity index (χ2n) is 6.99. The molecule has 7 nitrogen and oxygen atoms in total. The molecule has 3 heterocycles. The van der Waals surface area contributed by atoms with Crippen LogP contribution >= 0.6 is 11.6 Å². The fourth-order valence-electron chi connectivity index (χ4n) is 3.84. The Bertz CT molecular complexity index is 753. The average molecular weight is 392 g/mol. The van der Waals surface area contributed by atoms with Gasteiger partial charge >= 0.3 is 12.1 Å². The Morgan fingerprint density at radius 1 is 1.04 bits per heavy atom. The quantitative estimate of drug-likeness (QED) is 0.738. The average Bonchev–Trinajstić information content (AvgIpc) is 2.93. The van der Waals surface area contributed by atoms with Crippen molar-refractivity contribution in [3.05, 3.63) is 41.6 Å². The van der Waals surface area contributed by atoms with Crippen molar-refractivity contribution in [2.24, 2.45) is 0 Å². The number of hydrogen-bond acceptors (Lipinski definition) is 4. The van der Waals surface area contributed by atoms with E-state index >= 15 is 0 Å². The van der Waals surface area contributed by atoms with Crippen molar-refractivity contribution in [2.75, 3.05) is 44.3 Å². The maximum absolute atomic E-state index is 12.7. The Labute approximate surface area is 163 Å². The van der Waals surface area contributed by atoms with Crippen molar-refractivity contribution in [3.63, 3.8) is 0 Å². The van der Waals surface area contributed by atoms with Gasteiger partial charge in [-0.2, -0.15) is 0 Å². The summed E-state index contributed by atoms with van der Waals surface area (Å²) in [5.41, 5.74) is 0.546. The molecule has 0 aromatic heterocycles. The topological polar surface area (TPSA) is 62.3 Å². The van der Waals surface area contributed by atoms with Gasteiger partial charge in [-0.05, 0) is 24.3 Å². The van der Waals surface area contributed by atoms with Crippen LogP contribution in [-0.4, -0.2) is 66.9 Å². The van der Waals surface area contributed by atoms with E-state index in [1.54, 1.807) is 24.3 Å². The van der Waals surface area contributed by atoms with Crippen LogP contribution in [0.5, 0.6) is 0 Å². The van der Waals surface area contributed by atoms with Gasteiger partial charge in [-0.3, -0.25) is 0 Å². The largest absolute Gasteiger partial charge is 0.436 e. The maximum atomic E-state index is 12.7. The summed E-state index contributed by atoms with van der Waals surface area (Å²) >= 11 is 5.94. The summed E-state index contributed by atoms with van der Waals surface area (Å²) < 4.78 is 11.1. The van der Waals surface area contributed by atoms with Crippen LogP contribution in [0.3, 0.4) is 0 Å². The molecule has 8 heteroatoms. The van der Waals surface area contributed by atoms with Crippen LogP contribution in [0, 0.1) is 0 Å². The summed E-state index contributed by atoms with van der Waals surface area (Å²) in [7, 11) is 0. The van der Waals surface area contributed by atoms with Crippen LogP contribution < -0.4 is 4.90 Å². The van der Waals surface area contributed by atoms with Crippen molar-refractivity contribution >= 4 is 29.4 Å². The van der Waals surface area contributed by atoms with Gasteiger partial charge in [0, 0.05) is 44.0 Å². The summed E-state index contributed by atoms with van der Waals surface area (Å²) in [5.74, 6) is 0. The highest BCUT2D eigenvalue weighted by Crippen LogP contribution is 2.43. The number of rotatable bonds is 1. The number of anilines is 1. The molecule has 3 amide bonds. The molecule has 0 aliphatic carbocycles. The highest BCUT2D eigenvalue weighted by Gasteiger charge is 2.51. The van der Waals surface area contributed by atoms with E-state index in [1.807, 2.05) is 9.80 Å². The lowest BCUT2D eigenvalue weighted by Gasteiger charge is -2.40. The molecule has 3 aliphatic heterocycles. The molecule has 0 unspecified atom stereocenters. The number of benzene rings is 1. The SMILES string of the molecule is C=C1N(c2ccc(Cl)cc2)C(=O)OC12CCN(C(=O)N1CCOCC1)CC2. The summed E-state index contributed by atoms with van der Waals surface area (Å²) in [6.07, 6.45) is 0.644. The summed E-state index contributed by atoms with van der Waals surface area (Å²) in [6.45, 7) is 7.58. The van der Waals surface area contributed by atoms with Gasteiger partial charge in [-0.25, -0.2) is 14.5 Å². The van der Waals surface area contributed by atoms with Crippen molar-refractivity contribution in [3.8, 4) is 0 Å². The standard InChI is InChI=1S/C19H22ClN3O4/c1-14-19(27-18(25)23(14)16-4-2-15(20)3-5-16)6-8-21(9-7-19)17(24)22-10-12-26-13-11-22/h2-5H,1,6-13H2. The molecular weight excluding hydrogens is 370 g/mol. The minimum Gasteiger partial charge on any atom is -0.436 e. The third-order valence-corrected chi connectivity index (χ3v) is 5.72. The van der Waals surface area contributed by atoms with Gasteiger partial charge in [0.25, 0.3) is 0 Å². The van der Waals surface area contributed by atoms with Gasteiger partial charge in [0.15, 0.2) is 5.60 Å². The lowest BCUT2D eigenvalue weighted by Crippen LogP contribution is -2.53. The third kappa shape index (κ3) is 3.26. The second kappa shape index (κ2) is 7.05. The number of hydrogen-bond donors (Lipinski definition) is 0. The van der Waals surface area contributed by atoms with Gasteiger partial charge in [-0.15, -0.1) is 0 Å². The first-order valence-corrected chi connectivity index (χ1v) is 9.48. The molecule has 3 aliphatic rings. The Kier molecular flexibility index (Phi) is 4.74. The number of urea groups is 1. The molecule has 0 saturated carbocycles. The number of nitrogens with zero attached hydrogens (tertiary/aromatic N) is 3. The zero-order valence-electron chi connectivity index (χ0n) is 15.0. The van der Waals surface area contributed by atoms with E-state index < -0.39 is 11.7 Å². The van der Waals surface area contributed by atoms with E-state index in [0.29, 0.717) is 68.6 Å². The number of morpholine rings is 1. The predicted molar refractivity (Wildman–Crippen MR) is 101 cm³/mol. The Balaban J connectivity index is 1.44. The molecule has 144 valence electrons. The Hall–Kier alpha value is -2.25. The molecule has 27 heavy (non-hydrogen) atoms. The van der Waals surface area contributed by atoms with Gasteiger partial charge in [0.05, 0.1) is 24.6 Å². The van der Waals surface area contributed by atoms with Crippen LogP contribution in [-0.2, 0) is 9.47 Å². The number of piperidine rings is 1. The number of halogens is 1. The molecule has 0 radical (unpaired) electrons. The van der Waals surface area contributed by atoms with Crippen LogP contribution in [0.2, 0.25) is 5.02 Å². The van der Waals surface area contributed by atoms with Crippen molar-refractivity contribution < 1.29 is 19.1 Å². The first kappa shape index (κ1) is 18.1. The van der Waals surface area contributed by atoms with Crippen LogP contribution in [0.15, 0.2) is 36.5 Å². The summed E-state index contributed by atoms with van der Waals surface area (Å²) in [6, 6.07) is 7.02. The fraction of sp³-hybridized carbons (Fsp3) is 0.474.